The van der Waals surface area contributed by atoms with E-state index in [-0.39, 0.29) is 6.10 Å². The fourth-order valence-corrected chi connectivity index (χ4v) is 2.39. The maximum atomic E-state index is 10.3. The van der Waals surface area contributed by atoms with Crippen molar-refractivity contribution in [1.29, 1.82) is 0 Å². The Balaban J connectivity index is 1.94. The van der Waals surface area contributed by atoms with Gasteiger partial charge in [-0.2, -0.15) is 0 Å². The van der Waals surface area contributed by atoms with Gasteiger partial charge in [0.25, 0.3) is 0 Å². The SMILES string of the molecule is CC(C)N1CCOC(C(O)Cc2ccnc(N)c2)C1. The summed E-state index contributed by atoms with van der Waals surface area (Å²) in [5.74, 6) is 0.484. The van der Waals surface area contributed by atoms with Crippen LogP contribution in [0.4, 0.5) is 5.82 Å². The van der Waals surface area contributed by atoms with Gasteiger partial charge in [-0.25, -0.2) is 4.98 Å². The van der Waals surface area contributed by atoms with Gasteiger partial charge in [0, 0.05) is 31.7 Å². The van der Waals surface area contributed by atoms with Crippen molar-refractivity contribution in [1.82, 2.24) is 9.88 Å². The van der Waals surface area contributed by atoms with Gasteiger partial charge in [-0.15, -0.1) is 0 Å². The van der Waals surface area contributed by atoms with Crippen LogP contribution >= 0.6 is 0 Å². The van der Waals surface area contributed by atoms with Crippen molar-refractivity contribution in [2.24, 2.45) is 0 Å². The van der Waals surface area contributed by atoms with Crippen LogP contribution in [0, 0.1) is 0 Å². The lowest BCUT2D eigenvalue weighted by Gasteiger charge is -2.37. The second-order valence-corrected chi connectivity index (χ2v) is 5.36. The van der Waals surface area contributed by atoms with Crippen LogP contribution in [0.3, 0.4) is 0 Å². The first kappa shape index (κ1) is 14.2. The third-order valence-corrected chi connectivity index (χ3v) is 3.57. The number of nitrogen functional groups attached to an aromatic ring is 1. The molecular formula is C14H23N3O2. The van der Waals surface area contributed by atoms with E-state index in [0.717, 1.165) is 18.7 Å². The molecule has 5 heteroatoms. The van der Waals surface area contributed by atoms with Crippen LogP contribution in [-0.2, 0) is 11.2 Å². The minimum atomic E-state index is -0.511. The van der Waals surface area contributed by atoms with Gasteiger partial charge >= 0.3 is 0 Å². The molecule has 0 spiro atoms. The highest BCUT2D eigenvalue weighted by Gasteiger charge is 2.28. The zero-order valence-electron chi connectivity index (χ0n) is 11.6. The Morgan fingerprint density at radius 1 is 1.58 bits per heavy atom. The third-order valence-electron chi connectivity index (χ3n) is 3.57. The summed E-state index contributed by atoms with van der Waals surface area (Å²) in [5.41, 5.74) is 6.63. The zero-order chi connectivity index (χ0) is 13.8. The van der Waals surface area contributed by atoms with Crippen LogP contribution in [0.5, 0.6) is 0 Å². The topological polar surface area (TPSA) is 71.6 Å². The monoisotopic (exact) mass is 265 g/mol. The highest BCUT2D eigenvalue weighted by molar-refractivity contribution is 5.32. The molecule has 0 aliphatic carbocycles. The number of nitrogens with two attached hydrogens (primary N) is 1. The number of aliphatic hydroxyl groups excluding tert-OH is 1. The van der Waals surface area contributed by atoms with Crippen LogP contribution in [0.15, 0.2) is 18.3 Å². The third kappa shape index (κ3) is 3.89. The normalized spacial score (nSPS) is 22.6. The van der Waals surface area contributed by atoms with Gasteiger partial charge in [-0.05, 0) is 31.5 Å². The molecule has 1 aliphatic heterocycles. The van der Waals surface area contributed by atoms with E-state index in [1.807, 2.05) is 6.07 Å². The number of ether oxygens (including phenoxy) is 1. The van der Waals surface area contributed by atoms with Crippen LogP contribution < -0.4 is 5.73 Å². The Kier molecular flexibility index (Phi) is 4.74. The Bertz CT molecular complexity index is 411. The summed E-state index contributed by atoms with van der Waals surface area (Å²) in [7, 11) is 0. The number of rotatable bonds is 4. The summed E-state index contributed by atoms with van der Waals surface area (Å²) in [6, 6.07) is 4.16. The first-order chi connectivity index (χ1) is 9.06. The van der Waals surface area contributed by atoms with Crippen molar-refractivity contribution in [3.63, 3.8) is 0 Å². The highest BCUT2D eigenvalue weighted by atomic mass is 16.5. The van der Waals surface area contributed by atoms with Crippen molar-refractivity contribution in [3.05, 3.63) is 23.9 Å². The van der Waals surface area contributed by atoms with Crippen LogP contribution in [-0.4, -0.2) is 52.9 Å². The van der Waals surface area contributed by atoms with Crippen molar-refractivity contribution in [2.75, 3.05) is 25.4 Å². The molecule has 1 aliphatic rings. The molecule has 19 heavy (non-hydrogen) atoms. The Labute approximate surface area is 114 Å². The molecule has 2 atom stereocenters. The number of pyridine rings is 1. The summed E-state index contributed by atoms with van der Waals surface area (Å²) in [4.78, 5) is 6.28. The Morgan fingerprint density at radius 2 is 2.37 bits per heavy atom. The molecule has 2 unspecified atom stereocenters. The second kappa shape index (κ2) is 6.32. The van der Waals surface area contributed by atoms with E-state index in [2.05, 4.69) is 23.7 Å². The first-order valence-corrected chi connectivity index (χ1v) is 6.80. The zero-order valence-corrected chi connectivity index (χ0v) is 11.6. The van der Waals surface area contributed by atoms with Gasteiger partial charge < -0.3 is 15.6 Å². The highest BCUT2D eigenvalue weighted by Crippen LogP contribution is 2.15. The minimum absolute atomic E-state index is 0.134. The molecule has 2 rings (SSSR count). The van der Waals surface area contributed by atoms with Gasteiger partial charge in [0.15, 0.2) is 0 Å². The molecule has 1 aromatic rings. The first-order valence-electron chi connectivity index (χ1n) is 6.80. The molecule has 2 heterocycles. The number of anilines is 1. The summed E-state index contributed by atoms with van der Waals surface area (Å²) < 4.78 is 5.68. The van der Waals surface area contributed by atoms with Crippen LogP contribution in [0.1, 0.15) is 19.4 Å². The van der Waals surface area contributed by atoms with E-state index in [9.17, 15) is 5.11 Å². The summed E-state index contributed by atoms with van der Waals surface area (Å²) >= 11 is 0. The van der Waals surface area contributed by atoms with Crippen LogP contribution in [0.25, 0.3) is 0 Å². The molecule has 1 fully saturated rings. The average molecular weight is 265 g/mol. The number of hydrogen-bond donors (Lipinski definition) is 2. The van der Waals surface area contributed by atoms with Gasteiger partial charge in [-0.3, -0.25) is 4.90 Å². The average Bonchev–Trinajstić information content (AvgIpc) is 2.39. The van der Waals surface area contributed by atoms with Crippen molar-refractivity contribution in [3.8, 4) is 0 Å². The molecule has 5 nitrogen and oxygen atoms in total. The number of aliphatic hydroxyl groups is 1. The summed E-state index contributed by atoms with van der Waals surface area (Å²) in [6.45, 7) is 6.72. The fraction of sp³-hybridized carbons (Fsp3) is 0.643. The van der Waals surface area contributed by atoms with Crippen molar-refractivity contribution >= 4 is 5.82 Å². The molecule has 106 valence electrons. The fourth-order valence-electron chi connectivity index (χ4n) is 2.39. The molecule has 0 bridgehead atoms. The Morgan fingerprint density at radius 3 is 3.05 bits per heavy atom. The van der Waals surface area contributed by atoms with Gasteiger partial charge in [-0.1, -0.05) is 0 Å². The van der Waals surface area contributed by atoms with E-state index >= 15 is 0 Å². The number of nitrogens with zero attached hydrogens (tertiary/aromatic N) is 2. The molecule has 0 amide bonds. The lowest BCUT2D eigenvalue weighted by atomic mass is 10.0. The second-order valence-electron chi connectivity index (χ2n) is 5.36. The predicted molar refractivity (Wildman–Crippen MR) is 74.8 cm³/mol. The molecular weight excluding hydrogens is 242 g/mol. The van der Waals surface area contributed by atoms with E-state index in [1.54, 1.807) is 12.3 Å². The van der Waals surface area contributed by atoms with Crippen molar-refractivity contribution < 1.29 is 9.84 Å². The van der Waals surface area contributed by atoms with Crippen molar-refractivity contribution in [2.45, 2.75) is 38.5 Å². The molecule has 0 saturated carbocycles. The maximum Gasteiger partial charge on any atom is 0.123 e. The molecule has 1 aromatic heterocycles. The standard InChI is InChI=1S/C14H23N3O2/c1-10(2)17-5-6-19-13(9-17)12(18)7-11-3-4-16-14(15)8-11/h3-4,8,10,12-13,18H,5-7,9H2,1-2H3,(H2,15,16). The van der Waals surface area contributed by atoms with Gasteiger partial charge in [0.2, 0.25) is 0 Å². The van der Waals surface area contributed by atoms with E-state index < -0.39 is 6.10 Å². The Hall–Kier alpha value is -1.17. The van der Waals surface area contributed by atoms with Crippen LogP contribution in [0.2, 0.25) is 0 Å². The van der Waals surface area contributed by atoms with Gasteiger partial charge in [0.05, 0.1) is 18.8 Å². The minimum Gasteiger partial charge on any atom is -0.390 e. The molecule has 0 radical (unpaired) electrons. The lowest BCUT2D eigenvalue weighted by molar-refractivity contribution is -0.0940. The van der Waals surface area contributed by atoms with Gasteiger partial charge in [0.1, 0.15) is 5.82 Å². The predicted octanol–water partition coefficient (Wildman–Crippen LogP) is 0.676. The lowest BCUT2D eigenvalue weighted by Crippen LogP contribution is -2.50. The number of hydrogen-bond acceptors (Lipinski definition) is 5. The smallest absolute Gasteiger partial charge is 0.123 e. The molecule has 1 saturated heterocycles. The van der Waals surface area contributed by atoms with E-state index in [0.29, 0.717) is 24.9 Å². The largest absolute Gasteiger partial charge is 0.390 e. The van der Waals surface area contributed by atoms with E-state index in [1.165, 1.54) is 0 Å². The summed E-state index contributed by atoms with van der Waals surface area (Å²) in [6.07, 6.45) is 1.57. The maximum absolute atomic E-state index is 10.3. The molecule has 3 N–H and O–H groups in total. The summed E-state index contributed by atoms with van der Waals surface area (Å²) in [5, 5.41) is 10.3. The molecule has 0 aromatic carbocycles. The number of aromatic nitrogens is 1. The number of morpholine rings is 1. The van der Waals surface area contributed by atoms with E-state index in [4.69, 9.17) is 10.5 Å². The quantitative estimate of drug-likeness (QED) is 0.837.